The van der Waals surface area contributed by atoms with E-state index < -0.39 is 0 Å². The Labute approximate surface area is 136 Å². The minimum atomic E-state index is 0.482. The number of aromatic nitrogens is 2. The van der Waals surface area contributed by atoms with E-state index in [2.05, 4.69) is 9.97 Å². The Hall–Kier alpha value is -2.47. The predicted molar refractivity (Wildman–Crippen MR) is 87.9 cm³/mol. The number of carbonyl (C=O) groups excluding carboxylic acids is 1. The fourth-order valence-electron chi connectivity index (χ4n) is 2.93. The first-order valence-electron chi connectivity index (χ1n) is 7.36. The summed E-state index contributed by atoms with van der Waals surface area (Å²) in [6.07, 6.45) is 5.59. The molecule has 0 bridgehead atoms. The van der Waals surface area contributed by atoms with E-state index in [1.54, 1.807) is 36.6 Å². The Morgan fingerprint density at radius 3 is 2.96 bits per heavy atom. The second-order valence-corrected chi connectivity index (χ2v) is 6.43. The first-order chi connectivity index (χ1) is 11.3. The number of thiophene rings is 1. The van der Waals surface area contributed by atoms with Gasteiger partial charge in [0, 0.05) is 10.4 Å². The summed E-state index contributed by atoms with van der Waals surface area (Å²) in [6, 6.07) is 5.07. The highest BCUT2D eigenvalue weighted by Gasteiger charge is 2.22. The summed E-state index contributed by atoms with van der Waals surface area (Å²) in [7, 11) is 1.57. The van der Waals surface area contributed by atoms with Gasteiger partial charge in [-0.2, -0.15) is 0 Å². The lowest BCUT2D eigenvalue weighted by atomic mass is 10.2. The van der Waals surface area contributed by atoms with Gasteiger partial charge in [0.1, 0.15) is 17.4 Å². The van der Waals surface area contributed by atoms with Crippen molar-refractivity contribution in [1.82, 2.24) is 9.97 Å². The van der Waals surface area contributed by atoms with Crippen molar-refractivity contribution in [1.29, 1.82) is 0 Å². The number of aldehydes is 1. The third-order valence-corrected chi connectivity index (χ3v) is 5.20. The van der Waals surface area contributed by atoms with Crippen LogP contribution in [-0.4, -0.2) is 23.4 Å². The van der Waals surface area contributed by atoms with Gasteiger partial charge in [0.05, 0.1) is 12.5 Å². The number of aryl methyl sites for hydroxylation is 2. The Morgan fingerprint density at radius 2 is 2.13 bits per heavy atom. The first kappa shape index (κ1) is 14.1. The van der Waals surface area contributed by atoms with E-state index in [1.165, 1.54) is 16.8 Å². The van der Waals surface area contributed by atoms with Gasteiger partial charge in [-0.05, 0) is 43.0 Å². The van der Waals surface area contributed by atoms with Gasteiger partial charge in [0.25, 0.3) is 0 Å². The van der Waals surface area contributed by atoms with E-state index >= 15 is 0 Å². The predicted octanol–water partition coefficient (Wildman–Crippen LogP) is 3.79. The number of rotatable bonds is 4. The van der Waals surface area contributed by atoms with Crippen molar-refractivity contribution in [3.63, 3.8) is 0 Å². The zero-order chi connectivity index (χ0) is 15.8. The minimum absolute atomic E-state index is 0.482. The average Bonchev–Trinajstić information content (AvgIpc) is 3.15. The van der Waals surface area contributed by atoms with Crippen LogP contribution in [0.5, 0.6) is 17.4 Å². The van der Waals surface area contributed by atoms with Crippen molar-refractivity contribution in [2.45, 2.75) is 19.3 Å². The summed E-state index contributed by atoms with van der Waals surface area (Å²) in [5.41, 5.74) is 1.83. The maximum atomic E-state index is 11.0. The van der Waals surface area contributed by atoms with Crippen LogP contribution in [0.3, 0.4) is 0 Å². The SMILES string of the molecule is COc1ccc(C=O)cc1Oc1ncnc2sc3c(c12)CCC3. The molecule has 0 spiro atoms. The van der Waals surface area contributed by atoms with E-state index in [0.717, 1.165) is 35.8 Å². The summed E-state index contributed by atoms with van der Waals surface area (Å²) >= 11 is 1.71. The molecule has 0 saturated carbocycles. The topological polar surface area (TPSA) is 61.3 Å². The molecule has 1 aliphatic carbocycles. The smallest absolute Gasteiger partial charge is 0.231 e. The Kier molecular flexibility index (Phi) is 3.46. The third-order valence-electron chi connectivity index (χ3n) is 4.00. The second-order valence-electron chi connectivity index (χ2n) is 5.35. The molecule has 2 aromatic heterocycles. The molecule has 5 nitrogen and oxygen atoms in total. The summed E-state index contributed by atoms with van der Waals surface area (Å²) in [4.78, 5) is 22.0. The molecule has 116 valence electrons. The average molecular weight is 326 g/mol. The molecule has 0 aliphatic heterocycles. The van der Waals surface area contributed by atoms with Crippen molar-refractivity contribution in [2.75, 3.05) is 7.11 Å². The molecule has 23 heavy (non-hydrogen) atoms. The summed E-state index contributed by atoms with van der Waals surface area (Å²) < 4.78 is 11.3. The monoisotopic (exact) mass is 326 g/mol. The number of fused-ring (bicyclic) bond motifs is 3. The van der Waals surface area contributed by atoms with Gasteiger partial charge in [-0.1, -0.05) is 0 Å². The van der Waals surface area contributed by atoms with E-state index in [9.17, 15) is 4.79 Å². The van der Waals surface area contributed by atoms with Gasteiger partial charge in [0.2, 0.25) is 5.88 Å². The van der Waals surface area contributed by atoms with Gasteiger partial charge in [-0.15, -0.1) is 11.3 Å². The molecule has 0 fully saturated rings. The second kappa shape index (κ2) is 5.62. The minimum Gasteiger partial charge on any atom is -0.493 e. The zero-order valence-corrected chi connectivity index (χ0v) is 13.4. The Balaban J connectivity index is 1.83. The lowest BCUT2D eigenvalue weighted by Gasteiger charge is -2.11. The molecule has 6 heteroatoms. The van der Waals surface area contributed by atoms with Crippen LogP contribution in [0.1, 0.15) is 27.2 Å². The van der Waals surface area contributed by atoms with E-state index in [0.29, 0.717) is 22.9 Å². The largest absolute Gasteiger partial charge is 0.493 e. The fraction of sp³-hybridized carbons (Fsp3) is 0.235. The molecular formula is C17H14N2O3S. The highest BCUT2D eigenvalue weighted by Crippen LogP contribution is 2.42. The number of benzene rings is 1. The molecule has 1 aliphatic rings. The number of carbonyl (C=O) groups is 1. The molecule has 3 aromatic rings. The Bertz CT molecular complexity index is 904. The highest BCUT2D eigenvalue weighted by atomic mass is 32.1. The normalized spacial score (nSPS) is 13.1. The van der Waals surface area contributed by atoms with Crippen molar-refractivity contribution >= 4 is 27.8 Å². The maximum absolute atomic E-state index is 11.0. The number of nitrogens with zero attached hydrogens (tertiary/aromatic N) is 2. The van der Waals surface area contributed by atoms with Crippen LogP contribution < -0.4 is 9.47 Å². The molecule has 0 saturated heterocycles. The van der Waals surface area contributed by atoms with Crippen molar-refractivity contribution < 1.29 is 14.3 Å². The van der Waals surface area contributed by atoms with Crippen LogP contribution in [0, 0.1) is 0 Å². The first-order valence-corrected chi connectivity index (χ1v) is 8.18. The van der Waals surface area contributed by atoms with Gasteiger partial charge in [-0.25, -0.2) is 9.97 Å². The summed E-state index contributed by atoms with van der Waals surface area (Å²) in [6.45, 7) is 0. The molecule has 0 unspecified atom stereocenters. The lowest BCUT2D eigenvalue weighted by Crippen LogP contribution is -1.95. The third kappa shape index (κ3) is 2.35. The molecule has 0 radical (unpaired) electrons. The summed E-state index contributed by atoms with van der Waals surface area (Å²) in [5, 5.41) is 0.989. The number of hydrogen-bond acceptors (Lipinski definition) is 6. The van der Waals surface area contributed by atoms with Gasteiger partial charge in [-0.3, -0.25) is 4.79 Å². The lowest BCUT2D eigenvalue weighted by molar-refractivity contribution is 0.112. The van der Waals surface area contributed by atoms with Crippen LogP contribution in [-0.2, 0) is 12.8 Å². The van der Waals surface area contributed by atoms with Crippen LogP contribution in [0.2, 0.25) is 0 Å². The fourth-order valence-corrected chi connectivity index (χ4v) is 4.15. The van der Waals surface area contributed by atoms with Crippen molar-refractivity contribution in [3.05, 3.63) is 40.5 Å². The number of methoxy groups -OCH3 is 1. The number of ether oxygens (including phenoxy) is 2. The number of hydrogen-bond donors (Lipinski definition) is 0. The van der Waals surface area contributed by atoms with E-state index in [1.807, 2.05) is 0 Å². The van der Waals surface area contributed by atoms with Crippen LogP contribution >= 0.6 is 11.3 Å². The molecule has 0 amide bonds. The quantitative estimate of drug-likeness (QED) is 0.683. The Morgan fingerprint density at radius 1 is 1.22 bits per heavy atom. The molecule has 4 rings (SSSR count). The van der Waals surface area contributed by atoms with E-state index in [4.69, 9.17) is 9.47 Å². The van der Waals surface area contributed by atoms with Crippen molar-refractivity contribution in [2.24, 2.45) is 0 Å². The van der Waals surface area contributed by atoms with Gasteiger partial charge < -0.3 is 9.47 Å². The molecule has 0 N–H and O–H groups in total. The van der Waals surface area contributed by atoms with E-state index in [-0.39, 0.29) is 0 Å². The molecular weight excluding hydrogens is 312 g/mol. The van der Waals surface area contributed by atoms with Crippen molar-refractivity contribution in [3.8, 4) is 17.4 Å². The maximum Gasteiger partial charge on any atom is 0.231 e. The van der Waals surface area contributed by atoms with Gasteiger partial charge >= 0.3 is 0 Å². The zero-order valence-electron chi connectivity index (χ0n) is 12.5. The molecule has 2 heterocycles. The highest BCUT2D eigenvalue weighted by molar-refractivity contribution is 7.18. The summed E-state index contributed by atoms with van der Waals surface area (Å²) in [5.74, 6) is 1.57. The molecule has 0 atom stereocenters. The molecule has 1 aromatic carbocycles. The van der Waals surface area contributed by atoms with Crippen LogP contribution in [0.4, 0.5) is 0 Å². The van der Waals surface area contributed by atoms with Gasteiger partial charge in [0.15, 0.2) is 11.5 Å². The van der Waals surface area contributed by atoms with Crippen LogP contribution in [0.15, 0.2) is 24.5 Å². The van der Waals surface area contributed by atoms with Crippen LogP contribution in [0.25, 0.3) is 10.2 Å². The standard InChI is InChI=1S/C17H14N2O3S/c1-21-12-6-5-10(8-20)7-13(12)22-16-15-11-3-2-4-14(11)23-17(15)19-9-18-16/h5-9H,2-4H2,1H3.